The number of ether oxygens (including phenoxy) is 2. The van der Waals surface area contributed by atoms with Crippen LogP contribution in [0.15, 0.2) is 5.16 Å². The summed E-state index contributed by atoms with van der Waals surface area (Å²) in [6.07, 6.45) is 2.24. The predicted octanol–water partition coefficient (Wildman–Crippen LogP) is 4.31. The van der Waals surface area contributed by atoms with E-state index < -0.39 is 29.7 Å². The Balaban J connectivity index is 3.44. The number of hydrogen-bond donors (Lipinski definition) is 1. The van der Waals surface area contributed by atoms with Crippen LogP contribution in [0.4, 0.5) is 0 Å². The van der Waals surface area contributed by atoms with Crippen LogP contribution < -0.4 is 0 Å². The molecule has 1 fully saturated rings. The summed E-state index contributed by atoms with van der Waals surface area (Å²) in [6.45, 7) is 13.2. The Kier molecular flexibility index (Phi) is 11.7. The lowest BCUT2D eigenvalue weighted by molar-refractivity contribution is -0.162. The van der Waals surface area contributed by atoms with E-state index in [0.29, 0.717) is 25.2 Å². The third-order valence-electron chi connectivity index (χ3n) is 6.85. The number of aliphatic hydroxyl groups is 1. The molecule has 7 nitrogen and oxygen atoms in total. The molecule has 0 aliphatic carbocycles. The quantitative estimate of drug-likeness (QED) is 0.209. The van der Waals surface area contributed by atoms with Gasteiger partial charge in [0.1, 0.15) is 17.8 Å². The van der Waals surface area contributed by atoms with Crippen LogP contribution in [0.2, 0.25) is 0 Å². The van der Waals surface area contributed by atoms with Gasteiger partial charge < -0.3 is 19.4 Å². The molecule has 1 aliphatic heterocycles. The van der Waals surface area contributed by atoms with Gasteiger partial charge in [0.25, 0.3) is 0 Å². The molecule has 1 saturated heterocycles. The van der Waals surface area contributed by atoms with Gasteiger partial charge in [-0.1, -0.05) is 39.8 Å². The standard InChI is InChI=1S/C24H43NO6S/c1-10-19-16(4)22(27)17(5)20(25-30-13-32-9)14(2)11-24(7,29-8)12-15(3)21(26)18(6)23(28)31-19/h14-19,22,27H,10-13H2,1-9H3/b25-20+/t14-,15-,16+,17+,18-,19-,22+,24-/m1/s1. The van der Waals surface area contributed by atoms with Crippen LogP contribution in [0.5, 0.6) is 0 Å². The van der Waals surface area contributed by atoms with Crippen molar-refractivity contribution in [1.82, 2.24) is 0 Å². The van der Waals surface area contributed by atoms with Crippen molar-refractivity contribution in [2.45, 2.75) is 85.5 Å². The molecule has 0 spiro atoms. The Morgan fingerprint density at radius 3 is 2.28 bits per heavy atom. The Morgan fingerprint density at radius 2 is 1.75 bits per heavy atom. The summed E-state index contributed by atoms with van der Waals surface area (Å²) in [5.74, 6) is -2.22. The highest BCUT2D eigenvalue weighted by Crippen LogP contribution is 2.34. The molecule has 0 bridgehead atoms. The van der Waals surface area contributed by atoms with Crippen molar-refractivity contribution in [3.05, 3.63) is 0 Å². The lowest BCUT2D eigenvalue weighted by atomic mass is 9.76. The van der Waals surface area contributed by atoms with Gasteiger partial charge in [-0.15, -0.1) is 11.8 Å². The lowest BCUT2D eigenvalue weighted by Gasteiger charge is -2.37. The molecule has 186 valence electrons. The van der Waals surface area contributed by atoms with Crippen LogP contribution in [0.1, 0.15) is 67.7 Å². The van der Waals surface area contributed by atoms with Crippen LogP contribution in [-0.4, -0.2) is 59.7 Å². The summed E-state index contributed by atoms with van der Waals surface area (Å²) in [5.41, 5.74) is 0.136. The minimum atomic E-state index is -0.862. The second kappa shape index (κ2) is 12.9. The molecular formula is C24H43NO6S. The van der Waals surface area contributed by atoms with Gasteiger partial charge in [0.15, 0.2) is 5.94 Å². The molecule has 32 heavy (non-hydrogen) atoms. The average molecular weight is 474 g/mol. The van der Waals surface area contributed by atoms with E-state index in [0.717, 1.165) is 5.71 Å². The van der Waals surface area contributed by atoms with Gasteiger partial charge in [0.2, 0.25) is 0 Å². The minimum Gasteiger partial charge on any atom is -0.461 e. The first-order chi connectivity index (χ1) is 14.9. The molecule has 0 aromatic rings. The largest absolute Gasteiger partial charge is 0.461 e. The molecule has 0 amide bonds. The van der Waals surface area contributed by atoms with E-state index in [1.807, 2.05) is 47.8 Å². The second-order valence-corrected chi connectivity index (χ2v) is 10.4. The molecule has 1 aliphatic rings. The summed E-state index contributed by atoms with van der Waals surface area (Å²) in [6, 6.07) is 0. The first-order valence-corrected chi connectivity index (χ1v) is 13.0. The number of hydrogen-bond acceptors (Lipinski definition) is 8. The van der Waals surface area contributed by atoms with Gasteiger partial charge >= 0.3 is 5.97 Å². The number of esters is 1. The SMILES string of the molecule is CC[C@H]1OC(=O)[C@H](C)C(=O)[C@H](C)C[C@](C)(OC)C[C@@H](C)/C(=N\OCSC)[C@H](C)[C@@H](O)[C@H]1C. The maximum Gasteiger partial charge on any atom is 0.316 e. The van der Waals surface area contributed by atoms with Crippen LogP contribution in [0.25, 0.3) is 0 Å². The number of methoxy groups -OCH3 is 1. The van der Waals surface area contributed by atoms with Crippen LogP contribution >= 0.6 is 11.8 Å². The number of aliphatic hydroxyl groups excluding tert-OH is 1. The summed E-state index contributed by atoms with van der Waals surface area (Å²) in [4.78, 5) is 31.3. The van der Waals surface area contributed by atoms with Gasteiger partial charge in [0, 0.05) is 30.8 Å². The van der Waals surface area contributed by atoms with Crippen LogP contribution in [-0.2, 0) is 23.9 Å². The number of cyclic esters (lactones) is 1. The van der Waals surface area contributed by atoms with Crippen molar-refractivity contribution in [1.29, 1.82) is 0 Å². The molecule has 1 rings (SSSR count). The number of ketones is 1. The number of carbonyl (C=O) groups excluding carboxylic acids is 2. The Labute approximate surface area is 198 Å². The van der Waals surface area contributed by atoms with Crippen molar-refractivity contribution < 1.29 is 29.0 Å². The second-order valence-electron chi connectivity index (χ2n) is 9.56. The predicted molar refractivity (Wildman–Crippen MR) is 129 cm³/mol. The van der Waals surface area contributed by atoms with Gasteiger partial charge in [-0.25, -0.2) is 0 Å². The summed E-state index contributed by atoms with van der Waals surface area (Å²) < 4.78 is 11.6. The first-order valence-electron chi connectivity index (χ1n) is 11.6. The third-order valence-corrected chi connectivity index (χ3v) is 7.20. The average Bonchev–Trinajstić information content (AvgIpc) is 2.76. The molecule has 8 atom stereocenters. The smallest absolute Gasteiger partial charge is 0.316 e. The number of Topliss-reactive ketones (excluding diaryl/α,β-unsaturated/α-hetero) is 1. The zero-order valence-electron chi connectivity index (χ0n) is 21.2. The topological polar surface area (TPSA) is 94.4 Å². The molecule has 1 heterocycles. The van der Waals surface area contributed by atoms with Gasteiger partial charge in [0.05, 0.1) is 17.4 Å². The van der Waals surface area contributed by atoms with Crippen molar-refractivity contribution in [3.63, 3.8) is 0 Å². The molecule has 8 heteroatoms. The summed E-state index contributed by atoms with van der Waals surface area (Å²) in [7, 11) is 1.64. The molecule has 0 aromatic heterocycles. The van der Waals surface area contributed by atoms with E-state index in [4.69, 9.17) is 14.3 Å². The van der Waals surface area contributed by atoms with Gasteiger partial charge in [-0.05, 0) is 39.4 Å². The maximum absolute atomic E-state index is 13.0. The molecule has 0 aromatic carbocycles. The number of oxime groups is 1. The molecule has 1 N–H and O–H groups in total. The zero-order chi connectivity index (χ0) is 24.6. The Bertz CT molecular complexity index is 656. The number of rotatable bonds is 5. The van der Waals surface area contributed by atoms with Crippen molar-refractivity contribution in [2.24, 2.45) is 34.7 Å². The van der Waals surface area contributed by atoms with E-state index in [-0.39, 0.29) is 29.5 Å². The molecular weight excluding hydrogens is 430 g/mol. The number of carbonyl (C=O) groups is 2. The molecule has 0 radical (unpaired) electrons. The minimum absolute atomic E-state index is 0.0519. The highest BCUT2D eigenvalue weighted by Gasteiger charge is 2.40. The monoisotopic (exact) mass is 473 g/mol. The first kappa shape index (κ1) is 28.9. The Morgan fingerprint density at radius 1 is 1.16 bits per heavy atom. The number of thioether (sulfide) groups is 1. The fraction of sp³-hybridized carbons (Fsp3) is 0.875. The van der Waals surface area contributed by atoms with Crippen molar-refractivity contribution >= 4 is 29.2 Å². The van der Waals surface area contributed by atoms with E-state index in [1.165, 1.54) is 11.8 Å². The normalized spacial score (nSPS) is 39.4. The zero-order valence-corrected chi connectivity index (χ0v) is 22.0. The van der Waals surface area contributed by atoms with Crippen molar-refractivity contribution in [3.8, 4) is 0 Å². The van der Waals surface area contributed by atoms with Crippen molar-refractivity contribution in [2.75, 3.05) is 19.3 Å². The fourth-order valence-corrected chi connectivity index (χ4v) is 4.89. The van der Waals surface area contributed by atoms with E-state index in [2.05, 4.69) is 5.16 Å². The van der Waals surface area contributed by atoms with Crippen LogP contribution in [0.3, 0.4) is 0 Å². The highest BCUT2D eigenvalue weighted by atomic mass is 32.2. The number of nitrogens with zero attached hydrogens (tertiary/aromatic N) is 1. The Hall–Kier alpha value is -1.12. The lowest BCUT2D eigenvalue weighted by Crippen LogP contribution is -2.44. The molecule has 0 unspecified atom stereocenters. The highest BCUT2D eigenvalue weighted by molar-refractivity contribution is 7.98. The van der Waals surface area contributed by atoms with Gasteiger partial charge in [-0.2, -0.15) is 0 Å². The summed E-state index contributed by atoms with van der Waals surface area (Å²) in [5, 5.41) is 15.6. The molecule has 0 saturated carbocycles. The summed E-state index contributed by atoms with van der Waals surface area (Å²) >= 11 is 1.52. The maximum atomic E-state index is 13.0. The fourth-order valence-electron chi connectivity index (χ4n) is 4.73. The van der Waals surface area contributed by atoms with Crippen LogP contribution in [0, 0.1) is 29.6 Å². The van der Waals surface area contributed by atoms with Gasteiger partial charge in [-0.3, -0.25) is 9.59 Å². The van der Waals surface area contributed by atoms with E-state index in [9.17, 15) is 14.7 Å². The van der Waals surface area contributed by atoms with E-state index >= 15 is 0 Å². The van der Waals surface area contributed by atoms with E-state index in [1.54, 1.807) is 14.0 Å². The third kappa shape index (κ3) is 7.45.